The lowest BCUT2D eigenvalue weighted by atomic mass is 10.2. The van der Waals surface area contributed by atoms with Gasteiger partial charge in [-0.15, -0.1) is 0 Å². The van der Waals surface area contributed by atoms with Crippen LogP contribution in [-0.2, 0) is 0 Å². The molecule has 0 unspecified atom stereocenters. The van der Waals surface area contributed by atoms with Crippen molar-refractivity contribution < 1.29 is 9.90 Å². The third-order valence-corrected chi connectivity index (χ3v) is 2.33. The summed E-state index contributed by atoms with van der Waals surface area (Å²) in [6.07, 6.45) is 4.65. The van der Waals surface area contributed by atoms with Crippen LogP contribution in [0.1, 0.15) is 10.5 Å². The molecule has 17 heavy (non-hydrogen) atoms. The number of carbonyl (C=O) groups is 1. The van der Waals surface area contributed by atoms with E-state index in [1.54, 1.807) is 37.6 Å². The van der Waals surface area contributed by atoms with Gasteiger partial charge in [0.15, 0.2) is 5.69 Å². The molecule has 0 atom stereocenters. The van der Waals surface area contributed by atoms with Crippen LogP contribution in [0.15, 0.2) is 42.9 Å². The second kappa shape index (κ2) is 4.61. The molecule has 0 saturated carbocycles. The molecule has 2 rings (SSSR count). The predicted molar refractivity (Wildman–Crippen MR) is 62.9 cm³/mol. The lowest BCUT2D eigenvalue weighted by molar-refractivity contribution is 0.0985. The summed E-state index contributed by atoms with van der Waals surface area (Å²) < 4.78 is 0. The second-order valence-electron chi connectivity index (χ2n) is 3.45. The molecular weight excluding hydrogens is 218 g/mol. The van der Waals surface area contributed by atoms with Crippen LogP contribution in [-0.4, -0.2) is 28.0 Å². The highest BCUT2D eigenvalue weighted by Crippen LogP contribution is 2.18. The van der Waals surface area contributed by atoms with Gasteiger partial charge in [-0.1, -0.05) is 0 Å². The van der Waals surface area contributed by atoms with E-state index in [1.807, 2.05) is 0 Å². The predicted octanol–water partition coefficient (Wildman–Crippen LogP) is 1.46. The Kier molecular flexibility index (Phi) is 3.00. The fraction of sp³-hybridized carbons (Fsp3) is 0.0833. The van der Waals surface area contributed by atoms with Crippen LogP contribution in [0.4, 0.5) is 5.69 Å². The Hall–Kier alpha value is -2.43. The van der Waals surface area contributed by atoms with Crippen molar-refractivity contribution in [1.82, 2.24) is 9.97 Å². The van der Waals surface area contributed by atoms with Crippen molar-refractivity contribution in [1.29, 1.82) is 0 Å². The maximum absolute atomic E-state index is 12.0. The van der Waals surface area contributed by atoms with Crippen LogP contribution in [0.2, 0.25) is 0 Å². The van der Waals surface area contributed by atoms with Crippen molar-refractivity contribution in [2.24, 2.45) is 0 Å². The van der Waals surface area contributed by atoms with Gasteiger partial charge in [0.1, 0.15) is 5.75 Å². The van der Waals surface area contributed by atoms with E-state index < -0.39 is 0 Å². The van der Waals surface area contributed by atoms with Crippen LogP contribution in [0.25, 0.3) is 0 Å². The number of pyridine rings is 2. The smallest absolute Gasteiger partial charge is 0.280 e. The number of nitrogens with zero attached hydrogens (tertiary/aromatic N) is 3. The quantitative estimate of drug-likeness (QED) is 0.846. The fourth-order valence-corrected chi connectivity index (χ4v) is 1.39. The van der Waals surface area contributed by atoms with Crippen molar-refractivity contribution in [2.75, 3.05) is 11.9 Å². The standard InChI is InChI=1S/C12H11N3O2/c1-15(9-4-2-6-13-8-9)12(17)11-10(16)5-3-7-14-11/h2-8,16H,1H3. The molecule has 0 aromatic carbocycles. The van der Waals surface area contributed by atoms with E-state index in [1.165, 1.54) is 17.2 Å². The van der Waals surface area contributed by atoms with Gasteiger partial charge in [-0.25, -0.2) is 4.98 Å². The van der Waals surface area contributed by atoms with Gasteiger partial charge in [0.2, 0.25) is 0 Å². The highest BCUT2D eigenvalue weighted by Gasteiger charge is 2.18. The zero-order valence-corrected chi connectivity index (χ0v) is 9.24. The van der Waals surface area contributed by atoms with E-state index in [9.17, 15) is 9.90 Å². The van der Waals surface area contributed by atoms with E-state index in [4.69, 9.17) is 0 Å². The molecule has 5 heteroatoms. The maximum Gasteiger partial charge on any atom is 0.280 e. The van der Waals surface area contributed by atoms with Gasteiger partial charge < -0.3 is 10.0 Å². The Morgan fingerprint density at radius 1 is 1.29 bits per heavy atom. The van der Waals surface area contributed by atoms with E-state index in [2.05, 4.69) is 9.97 Å². The summed E-state index contributed by atoms with van der Waals surface area (Å²) in [7, 11) is 1.60. The summed E-state index contributed by atoms with van der Waals surface area (Å²) in [5, 5.41) is 9.55. The molecule has 2 heterocycles. The second-order valence-corrected chi connectivity index (χ2v) is 3.45. The van der Waals surface area contributed by atoms with Crippen molar-refractivity contribution in [3.05, 3.63) is 48.5 Å². The summed E-state index contributed by atoms with van der Waals surface area (Å²) in [5.41, 5.74) is 0.668. The van der Waals surface area contributed by atoms with Gasteiger partial charge in [-0.05, 0) is 24.3 Å². The third kappa shape index (κ3) is 2.23. The maximum atomic E-state index is 12.0. The zero-order chi connectivity index (χ0) is 12.3. The molecule has 0 aliphatic heterocycles. The summed E-state index contributed by atoms with van der Waals surface area (Å²) >= 11 is 0. The molecule has 2 aromatic heterocycles. The van der Waals surface area contributed by atoms with Gasteiger partial charge in [0.25, 0.3) is 5.91 Å². The first-order valence-corrected chi connectivity index (χ1v) is 5.02. The molecule has 2 aromatic rings. The Morgan fingerprint density at radius 3 is 2.71 bits per heavy atom. The SMILES string of the molecule is CN(C(=O)c1ncccc1O)c1cccnc1. The summed E-state index contributed by atoms with van der Waals surface area (Å²) in [6, 6.07) is 6.48. The topological polar surface area (TPSA) is 66.3 Å². The lowest BCUT2D eigenvalue weighted by Gasteiger charge is -2.16. The molecule has 0 bridgehead atoms. The highest BCUT2D eigenvalue weighted by molar-refractivity contribution is 6.05. The van der Waals surface area contributed by atoms with Crippen LogP contribution in [0.5, 0.6) is 5.75 Å². The van der Waals surface area contributed by atoms with Crippen molar-refractivity contribution in [3.63, 3.8) is 0 Å². The molecule has 0 aliphatic carbocycles. The highest BCUT2D eigenvalue weighted by atomic mass is 16.3. The van der Waals surface area contributed by atoms with E-state index in [-0.39, 0.29) is 17.4 Å². The number of aromatic nitrogens is 2. The number of anilines is 1. The molecule has 0 spiro atoms. The number of amides is 1. The normalized spacial score (nSPS) is 9.94. The van der Waals surface area contributed by atoms with Gasteiger partial charge in [0.05, 0.1) is 11.9 Å². The zero-order valence-electron chi connectivity index (χ0n) is 9.24. The van der Waals surface area contributed by atoms with Crippen LogP contribution < -0.4 is 4.90 Å². The fourth-order valence-electron chi connectivity index (χ4n) is 1.39. The molecule has 0 aliphatic rings. The molecule has 0 radical (unpaired) electrons. The van der Waals surface area contributed by atoms with Gasteiger partial charge >= 0.3 is 0 Å². The number of carbonyl (C=O) groups excluding carboxylic acids is 1. The molecule has 0 saturated heterocycles. The number of hydrogen-bond acceptors (Lipinski definition) is 4. The molecule has 86 valence electrons. The molecule has 5 nitrogen and oxygen atoms in total. The number of hydrogen-bond donors (Lipinski definition) is 1. The molecule has 0 fully saturated rings. The minimum atomic E-state index is -0.379. The Labute approximate surface area is 98.4 Å². The lowest BCUT2D eigenvalue weighted by Crippen LogP contribution is -2.27. The van der Waals surface area contributed by atoms with Crippen LogP contribution >= 0.6 is 0 Å². The molecule has 1 amide bonds. The molecule has 1 N–H and O–H groups in total. The number of rotatable bonds is 2. The van der Waals surface area contributed by atoms with Crippen molar-refractivity contribution in [3.8, 4) is 5.75 Å². The van der Waals surface area contributed by atoms with E-state index >= 15 is 0 Å². The first-order chi connectivity index (χ1) is 8.20. The van der Waals surface area contributed by atoms with Gasteiger partial charge in [-0.2, -0.15) is 0 Å². The monoisotopic (exact) mass is 229 g/mol. The first-order valence-electron chi connectivity index (χ1n) is 5.02. The largest absolute Gasteiger partial charge is 0.505 e. The Bertz CT molecular complexity index is 528. The summed E-state index contributed by atoms with van der Waals surface area (Å²) in [5.74, 6) is -0.510. The third-order valence-electron chi connectivity index (χ3n) is 2.33. The average Bonchev–Trinajstić information content (AvgIpc) is 2.39. The van der Waals surface area contributed by atoms with Gasteiger partial charge in [0, 0.05) is 19.4 Å². The van der Waals surface area contributed by atoms with Crippen molar-refractivity contribution >= 4 is 11.6 Å². The van der Waals surface area contributed by atoms with Crippen molar-refractivity contribution in [2.45, 2.75) is 0 Å². The Morgan fingerprint density at radius 2 is 2.06 bits per heavy atom. The average molecular weight is 229 g/mol. The summed E-state index contributed by atoms with van der Waals surface area (Å²) in [4.78, 5) is 21.2. The minimum Gasteiger partial charge on any atom is -0.505 e. The number of aromatic hydroxyl groups is 1. The summed E-state index contributed by atoms with van der Waals surface area (Å²) in [6.45, 7) is 0. The van der Waals surface area contributed by atoms with Crippen LogP contribution in [0, 0.1) is 0 Å². The minimum absolute atomic E-state index is 0.0267. The van der Waals surface area contributed by atoms with Crippen LogP contribution in [0.3, 0.4) is 0 Å². The molecular formula is C12H11N3O2. The van der Waals surface area contributed by atoms with E-state index in [0.717, 1.165) is 0 Å². The first kappa shape index (κ1) is 11.1. The van der Waals surface area contributed by atoms with E-state index in [0.29, 0.717) is 5.69 Å². The van der Waals surface area contributed by atoms with Gasteiger partial charge in [-0.3, -0.25) is 9.78 Å². The Balaban J connectivity index is 2.30.